The summed E-state index contributed by atoms with van der Waals surface area (Å²) in [5.41, 5.74) is -0.753. The second kappa shape index (κ2) is 7.17. The van der Waals surface area contributed by atoms with Crippen molar-refractivity contribution in [2.45, 2.75) is 37.2 Å². The summed E-state index contributed by atoms with van der Waals surface area (Å²) in [6.07, 6.45) is 1.88. The molecule has 0 amide bonds. The molecule has 1 fully saturated rings. The SMILES string of the molecule is CC(C)(OC(=O)c1cc(S(N)(=O)=O)c(Cl)cc1Cl)C1CC[NH2+]CC1. The number of piperidine rings is 1. The first-order valence-electron chi connectivity index (χ1n) is 7.59. The Labute approximate surface area is 151 Å². The maximum atomic E-state index is 12.5. The van der Waals surface area contributed by atoms with E-state index in [-0.39, 0.29) is 26.4 Å². The molecule has 1 aliphatic heterocycles. The fraction of sp³-hybridized carbons (Fsp3) is 0.533. The van der Waals surface area contributed by atoms with Crippen molar-refractivity contribution in [2.24, 2.45) is 11.1 Å². The van der Waals surface area contributed by atoms with Crippen LogP contribution >= 0.6 is 23.2 Å². The third kappa shape index (κ3) is 4.40. The van der Waals surface area contributed by atoms with Crippen molar-refractivity contribution < 1.29 is 23.3 Å². The average molecular weight is 396 g/mol. The van der Waals surface area contributed by atoms with Crippen LogP contribution in [0.3, 0.4) is 0 Å². The molecule has 4 N–H and O–H groups in total. The molecule has 1 aromatic carbocycles. The number of halogens is 2. The zero-order valence-electron chi connectivity index (χ0n) is 13.5. The summed E-state index contributed by atoms with van der Waals surface area (Å²) in [5, 5.41) is 7.22. The quantitative estimate of drug-likeness (QED) is 0.754. The number of nitrogens with two attached hydrogens (primary N) is 2. The second-order valence-corrected chi connectivity index (χ2v) is 8.78. The van der Waals surface area contributed by atoms with Gasteiger partial charge in [0.1, 0.15) is 10.5 Å². The van der Waals surface area contributed by atoms with Gasteiger partial charge in [-0.3, -0.25) is 0 Å². The molecule has 1 heterocycles. The third-order valence-corrected chi connectivity index (χ3v) is 6.01. The molecule has 24 heavy (non-hydrogen) atoms. The molecule has 2 rings (SSSR count). The van der Waals surface area contributed by atoms with E-state index in [0.717, 1.165) is 32.0 Å². The molecule has 0 radical (unpaired) electrons. The minimum atomic E-state index is -4.07. The number of carbonyl (C=O) groups is 1. The number of sulfonamides is 1. The molecule has 6 nitrogen and oxygen atoms in total. The van der Waals surface area contributed by atoms with E-state index >= 15 is 0 Å². The van der Waals surface area contributed by atoms with Crippen molar-refractivity contribution in [3.8, 4) is 0 Å². The molecular formula is C15H21Cl2N2O4S+. The molecule has 1 aliphatic rings. The monoisotopic (exact) mass is 395 g/mol. The normalized spacial score (nSPS) is 16.9. The van der Waals surface area contributed by atoms with Gasteiger partial charge in [-0.05, 0) is 26.0 Å². The van der Waals surface area contributed by atoms with Gasteiger partial charge in [0, 0.05) is 18.8 Å². The number of hydrogen-bond donors (Lipinski definition) is 2. The minimum Gasteiger partial charge on any atom is -0.456 e. The molecular weight excluding hydrogens is 375 g/mol. The van der Waals surface area contributed by atoms with E-state index in [1.54, 1.807) is 0 Å². The van der Waals surface area contributed by atoms with Gasteiger partial charge in [-0.25, -0.2) is 18.4 Å². The van der Waals surface area contributed by atoms with Gasteiger partial charge < -0.3 is 10.1 Å². The van der Waals surface area contributed by atoms with E-state index in [1.807, 2.05) is 13.8 Å². The molecule has 134 valence electrons. The van der Waals surface area contributed by atoms with Crippen LogP contribution in [-0.4, -0.2) is 33.1 Å². The van der Waals surface area contributed by atoms with Crippen molar-refractivity contribution in [3.63, 3.8) is 0 Å². The highest BCUT2D eigenvalue weighted by Gasteiger charge is 2.36. The molecule has 0 aliphatic carbocycles. The van der Waals surface area contributed by atoms with Crippen molar-refractivity contribution in [2.75, 3.05) is 13.1 Å². The number of benzene rings is 1. The van der Waals surface area contributed by atoms with E-state index in [9.17, 15) is 13.2 Å². The first kappa shape index (κ1) is 19.5. The van der Waals surface area contributed by atoms with Gasteiger partial charge in [-0.15, -0.1) is 0 Å². The lowest BCUT2D eigenvalue weighted by molar-refractivity contribution is -0.665. The summed E-state index contributed by atoms with van der Waals surface area (Å²) >= 11 is 11.9. The number of quaternary nitrogens is 1. The van der Waals surface area contributed by atoms with Gasteiger partial charge in [-0.1, -0.05) is 23.2 Å². The van der Waals surface area contributed by atoms with Crippen LogP contribution in [0.15, 0.2) is 17.0 Å². The number of ether oxygens (including phenoxy) is 1. The summed E-state index contributed by atoms with van der Waals surface area (Å²) in [5.74, 6) is -0.462. The van der Waals surface area contributed by atoms with Gasteiger partial charge in [-0.2, -0.15) is 0 Å². The van der Waals surface area contributed by atoms with E-state index in [0.29, 0.717) is 0 Å². The zero-order valence-corrected chi connectivity index (χ0v) is 15.8. The number of rotatable bonds is 4. The van der Waals surface area contributed by atoms with E-state index in [1.165, 1.54) is 6.07 Å². The van der Waals surface area contributed by atoms with Crippen LogP contribution in [0, 0.1) is 5.92 Å². The lowest BCUT2D eigenvalue weighted by Crippen LogP contribution is -2.86. The highest BCUT2D eigenvalue weighted by Crippen LogP contribution is 2.32. The number of esters is 1. The Hall–Kier alpha value is -0.860. The third-order valence-electron chi connectivity index (χ3n) is 4.33. The summed E-state index contributed by atoms with van der Waals surface area (Å²) in [6.45, 7) is 5.68. The van der Waals surface area contributed by atoms with Crippen LogP contribution in [0.2, 0.25) is 10.0 Å². The van der Waals surface area contributed by atoms with Gasteiger partial charge in [0.05, 0.1) is 28.7 Å². The van der Waals surface area contributed by atoms with Crippen LogP contribution in [-0.2, 0) is 14.8 Å². The Kier molecular flexibility index (Phi) is 5.82. The fourth-order valence-corrected chi connectivity index (χ4v) is 4.30. The zero-order chi connectivity index (χ0) is 18.1. The summed E-state index contributed by atoms with van der Waals surface area (Å²) in [4.78, 5) is 12.2. The lowest BCUT2D eigenvalue weighted by Gasteiger charge is -2.35. The maximum Gasteiger partial charge on any atom is 0.340 e. The molecule has 1 aromatic rings. The second-order valence-electron chi connectivity index (χ2n) is 6.44. The lowest BCUT2D eigenvalue weighted by atomic mass is 9.83. The van der Waals surface area contributed by atoms with E-state index in [2.05, 4.69) is 5.32 Å². The molecule has 0 unspecified atom stereocenters. The van der Waals surface area contributed by atoms with Gasteiger partial charge >= 0.3 is 5.97 Å². The van der Waals surface area contributed by atoms with Crippen molar-refractivity contribution in [1.29, 1.82) is 0 Å². The first-order chi connectivity index (χ1) is 11.0. The van der Waals surface area contributed by atoms with E-state index < -0.39 is 21.6 Å². The molecule has 1 saturated heterocycles. The summed E-state index contributed by atoms with van der Waals surface area (Å²) in [6, 6.07) is 2.25. The van der Waals surface area contributed by atoms with Gasteiger partial charge in [0.25, 0.3) is 0 Å². The topological polar surface area (TPSA) is 103 Å². The summed E-state index contributed by atoms with van der Waals surface area (Å²) in [7, 11) is -4.07. The Morgan fingerprint density at radius 2 is 1.83 bits per heavy atom. The Morgan fingerprint density at radius 1 is 1.25 bits per heavy atom. The predicted octanol–water partition coefficient (Wildman–Crippen LogP) is 1.55. The molecule has 0 spiro atoms. The first-order valence-corrected chi connectivity index (χ1v) is 9.89. The standard InChI is InChI=1S/C15H20Cl2N2O4S/c1-15(2,9-3-5-19-6-4-9)23-14(20)10-7-13(24(18,21)22)12(17)8-11(10)16/h7-9,19H,3-6H2,1-2H3,(H2,18,21,22)/p+1. The fourth-order valence-electron chi connectivity index (χ4n) is 2.90. The maximum absolute atomic E-state index is 12.5. The Balaban J connectivity index is 2.29. The summed E-state index contributed by atoms with van der Waals surface area (Å²) < 4.78 is 28.8. The van der Waals surface area contributed by atoms with E-state index in [4.69, 9.17) is 33.1 Å². The van der Waals surface area contributed by atoms with Crippen molar-refractivity contribution in [1.82, 2.24) is 0 Å². The van der Waals surface area contributed by atoms with Crippen LogP contribution in [0.5, 0.6) is 0 Å². The van der Waals surface area contributed by atoms with Crippen molar-refractivity contribution >= 4 is 39.2 Å². The van der Waals surface area contributed by atoms with Crippen molar-refractivity contribution in [3.05, 3.63) is 27.7 Å². The van der Waals surface area contributed by atoms with Crippen LogP contribution in [0.1, 0.15) is 37.0 Å². The molecule has 0 atom stereocenters. The largest absolute Gasteiger partial charge is 0.456 e. The number of primary sulfonamides is 1. The molecule has 0 aromatic heterocycles. The minimum absolute atomic E-state index is 0.0187. The average Bonchev–Trinajstić information content (AvgIpc) is 2.46. The highest BCUT2D eigenvalue weighted by atomic mass is 35.5. The highest BCUT2D eigenvalue weighted by molar-refractivity contribution is 7.89. The van der Waals surface area contributed by atoms with Crippen LogP contribution in [0.4, 0.5) is 0 Å². The predicted molar refractivity (Wildman–Crippen MR) is 91.7 cm³/mol. The Bertz CT molecular complexity index is 744. The number of hydrogen-bond acceptors (Lipinski definition) is 4. The Morgan fingerprint density at radius 3 is 2.38 bits per heavy atom. The van der Waals surface area contributed by atoms with Crippen LogP contribution in [0.25, 0.3) is 0 Å². The van der Waals surface area contributed by atoms with Gasteiger partial charge in [0.2, 0.25) is 10.0 Å². The molecule has 9 heteroatoms. The van der Waals surface area contributed by atoms with Gasteiger partial charge in [0.15, 0.2) is 0 Å². The molecule has 0 bridgehead atoms. The smallest absolute Gasteiger partial charge is 0.340 e. The number of carbonyl (C=O) groups excluding carboxylic acids is 1. The molecule has 0 saturated carbocycles. The van der Waals surface area contributed by atoms with Crippen LogP contribution < -0.4 is 10.5 Å².